The van der Waals surface area contributed by atoms with Gasteiger partial charge in [0.25, 0.3) is 5.91 Å². The number of nitrogens with zero attached hydrogens (tertiary/aromatic N) is 5. The van der Waals surface area contributed by atoms with Gasteiger partial charge in [0.05, 0.1) is 23.0 Å². The molecule has 0 atom stereocenters. The third kappa shape index (κ3) is 5.14. The highest BCUT2D eigenvalue weighted by Crippen LogP contribution is 2.21. The molecule has 0 radical (unpaired) electrons. The molecule has 3 aromatic rings. The third-order valence-electron chi connectivity index (χ3n) is 5.65. The second-order valence-electron chi connectivity index (χ2n) is 8.00. The summed E-state index contributed by atoms with van der Waals surface area (Å²) in [6, 6.07) is 6.10. The molecule has 10 nitrogen and oxygen atoms in total. The predicted molar refractivity (Wildman–Crippen MR) is 125 cm³/mol. The fourth-order valence-electron chi connectivity index (χ4n) is 3.85. The summed E-state index contributed by atoms with van der Waals surface area (Å²) >= 11 is 0. The normalized spacial score (nSPS) is 14.9. The average molecular weight is 472 g/mol. The van der Waals surface area contributed by atoms with Crippen LogP contribution in [0.3, 0.4) is 0 Å². The molecule has 1 aliphatic heterocycles. The van der Waals surface area contributed by atoms with Crippen LogP contribution in [-0.4, -0.2) is 64.6 Å². The van der Waals surface area contributed by atoms with Crippen LogP contribution < -0.4 is 10.6 Å². The lowest BCUT2D eigenvalue weighted by atomic mass is 10.2. The van der Waals surface area contributed by atoms with Crippen LogP contribution in [0.15, 0.2) is 41.7 Å². The number of hydrogen-bond donors (Lipinski definition) is 2. The smallest absolute Gasteiger partial charge is 0.251 e. The van der Waals surface area contributed by atoms with Crippen molar-refractivity contribution in [2.75, 3.05) is 31.5 Å². The fourth-order valence-corrected chi connectivity index (χ4v) is 5.37. The zero-order valence-corrected chi connectivity index (χ0v) is 19.5. The molecule has 2 aromatic heterocycles. The standard InChI is InChI=1S/C22H29N7O3S/c1-2-10-23-20-19-15-27-29(21(19)26-16-25-20)14-11-24-22(30)17-6-8-18(9-7-17)33(31,32)28-12-4-3-5-13-28/h6-9,15-16H,2-5,10-14H2,1H3,(H,24,30)(H,23,25,26). The zero-order valence-electron chi connectivity index (χ0n) is 18.7. The number of rotatable bonds is 9. The molecule has 0 bridgehead atoms. The number of benzene rings is 1. The van der Waals surface area contributed by atoms with Gasteiger partial charge >= 0.3 is 0 Å². The maximum atomic E-state index is 12.8. The van der Waals surface area contributed by atoms with Crippen LogP contribution >= 0.6 is 0 Å². The molecule has 3 heterocycles. The summed E-state index contributed by atoms with van der Waals surface area (Å²) in [7, 11) is -3.51. The van der Waals surface area contributed by atoms with Crippen LogP contribution in [0.1, 0.15) is 43.0 Å². The summed E-state index contributed by atoms with van der Waals surface area (Å²) in [6.45, 7) is 4.79. The molecule has 1 fully saturated rings. The maximum Gasteiger partial charge on any atom is 0.251 e. The summed E-state index contributed by atoms with van der Waals surface area (Å²) in [5.74, 6) is 0.477. The van der Waals surface area contributed by atoms with E-state index in [4.69, 9.17) is 0 Å². The van der Waals surface area contributed by atoms with Crippen molar-refractivity contribution in [2.45, 2.75) is 44.0 Å². The van der Waals surface area contributed by atoms with Gasteiger partial charge in [0.1, 0.15) is 12.1 Å². The van der Waals surface area contributed by atoms with E-state index in [1.54, 1.807) is 23.0 Å². The van der Waals surface area contributed by atoms with Gasteiger partial charge in [-0.1, -0.05) is 13.3 Å². The average Bonchev–Trinajstić information content (AvgIpc) is 3.27. The van der Waals surface area contributed by atoms with Crippen molar-refractivity contribution in [3.05, 3.63) is 42.4 Å². The molecule has 1 saturated heterocycles. The molecule has 1 amide bonds. The van der Waals surface area contributed by atoms with Gasteiger partial charge in [0, 0.05) is 31.7 Å². The predicted octanol–water partition coefficient (Wildman–Crippen LogP) is 2.25. The molecule has 1 aliphatic rings. The van der Waals surface area contributed by atoms with E-state index in [9.17, 15) is 13.2 Å². The number of aromatic nitrogens is 4. The molecular formula is C22H29N7O3S. The molecule has 11 heteroatoms. The number of nitrogens with one attached hydrogen (secondary N) is 2. The van der Waals surface area contributed by atoms with Crippen molar-refractivity contribution in [1.82, 2.24) is 29.4 Å². The van der Waals surface area contributed by atoms with E-state index in [0.717, 1.165) is 43.4 Å². The lowest BCUT2D eigenvalue weighted by molar-refractivity contribution is 0.0952. The summed E-state index contributed by atoms with van der Waals surface area (Å²) < 4.78 is 28.8. The van der Waals surface area contributed by atoms with Crippen LogP contribution in [0.4, 0.5) is 5.82 Å². The fraction of sp³-hybridized carbons (Fsp3) is 0.455. The summed E-state index contributed by atoms with van der Waals surface area (Å²) in [5, 5.41) is 11.3. The molecule has 0 aliphatic carbocycles. The highest BCUT2D eigenvalue weighted by Gasteiger charge is 2.25. The number of anilines is 1. The van der Waals surface area contributed by atoms with Crippen molar-refractivity contribution in [3.8, 4) is 0 Å². The van der Waals surface area contributed by atoms with E-state index in [0.29, 0.717) is 37.4 Å². The van der Waals surface area contributed by atoms with E-state index in [1.165, 1.54) is 22.8 Å². The Balaban J connectivity index is 1.36. The lowest BCUT2D eigenvalue weighted by Gasteiger charge is -2.25. The van der Waals surface area contributed by atoms with Gasteiger partial charge in [-0.15, -0.1) is 0 Å². The van der Waals surface area contributed by atoms with Crippen LogP contribution in [0.25, 0.3) is 11.0 Å². The first-order chi connectivity index (χ1) is 16.0. The third-order valence-corrected chi connectivity index (χ3v) is 7.57. The van der Waals surface area contributed by atoms with Crippen molar-refractivity contribution in [2.24, 2.45) is 0 Å². The molecule has 1 aromatic carbocycles. The maximum absolute atomic E-state index is 12.8. The number of piperidine rings is 1. The monoisotopic (exact) mass is 471 g/mol. The number of fused-ring (bicyclic) bond motifs is 1. The van der Waals surface area contributed by atoms with Gasteiger partial charge in [-0.25, -0.2) is 23.1 Å². The highest BCUT2D eigenvalue weighted by molar-refractivity contribution is 7.89. The molecule has 0 saturated carbocycles. The van der Waals surface area contributed by atoms with Crippen molar-refractivity contribution in [1.29, 1.82) is 0 Å². The Kier molecular flexibility index (Phi) is 7.19. The van der Waals surface area contributed by atoms with Gasteiger partial charge in [0.15, 0.2) is 5.65 Å². The number of carbonyl (C=O) groups excluding carboxylic acids is 1. The van der Waals surface area contributed by atoms with Gasteiger partial charge in [-0.05, 0) is 43.5 Å². The van der Waals surface area contributed by atoms with E-state index in [-0.39, 0.29) is 10.8 Å². The second-order valence-corrected chi connectivity index (χ2v) is 9.94. The Morgan fingerprint density at radius 2 is 1.82 bits per heavy atom. The lowest BCUT2D eigenvalue weighted by Crippen LogP contribution is -2.35. The molecule has 33 heavy (non-hydrogen) atoms. The molecule has 2 N–H and O–H groups in total. The first kappa shape index (κ1) is 23.1. The highest BCUT2D eigenvalue weighted by atomic mass is 32.2. The first-order valence-electron chi connectivity index (χ1n) is 11.3. The Labute approximate surface area is 193 Å². The minimum Gasteiger partial charge on any atom is -0.369 e. The van der Waals surface area contributed by atoms with E-state index >= 15 is 0 Å². The van der Waals surface area contributed by atoms with Crippen LogP contribution in [0.5, 0.6) is 0 Å². The van der Waals surface area contributed by atoms with Gasteiger partial charge in [-0.2, -0.15) is 9.40 Å². The molecule has 0 spiro atoms. The minimum atomic E-state index is -3.51. The van der Waals surface area contributed by atoms with Crippen LogP contribution in [0, 0.1) is 0 Å². The second kappa shape index (κ2) is 10.3. The van der Waals surface area contributed by atoms with Crippen molar-refractivity contribution >= 4 is 32.8 Å². The summed E-state index contributed by atoms with van der Waals surface area (Å²) in [4.78, 5) is 21.3. The number of hydrogen-bond acceptors (Lipinski definition) is 7. The van der Waals surface area contributed by atoms with Crippen molar-refractivity contribution < 1.29 is 13.2 Å². The van der Waals surface area contributed by atoms with Gasteiger partial charge < -0.3 is 10.6 Å². The molecule has 4 rings (SSSR count). The SMILES string of the molecule is CCCNc1ncnc2c1cnn2CCNC(=O)c1ccc(S(=O)(=O)N2CCCCC2)cc1. The van der Waals surface area contributed by atoms with E-state index in [2.05, 4.69) is 32.6 Å². The molecule has 176 valence electrons. The Morgan fingerprint density at radius 3 is 2.55 bits per heavy atom. The summed E-state index contributed by atoms with van der Waals surface area (Å²) in [5.41, 5.74) is 1.11. The molecule has 0 unspecified atom stereocenters. The van der Waals surface area contributed by atoms with Crippen LogP contribution in [0.2, 0.25) is 0 Å². The Hall–Kier alpha value is -3.05. The largest absolute Gasteiger partial charge is 0.369 e. The topological polar surface area (TPSA) is 122 Å². The zero-order chi connectivity index (χ0) is 23.3. The quantitative estimate of drug-likeness (QED) is 0.491. The van der Waals surface area contributed by atoms with Crippen LogP contribution in [-0.2, 0) is 16.6 Å². The number of amides is 1. The first-order valence-corrected chi connectivity index (χ1v) is 12.7. The molecular weight excluding hydrogens is 442 g/mol. The number of sulfonamides is 1. The van der Waals surface area contributed by atoms with E-state index in [1.807, 2.05) is 0 Å². The van der Waals surface area contributed by atoms with Gasteiger partial charge in [0.2, 0.25) is 10.0 Å². The van der Waals surface area contributed by atoms with Crippen molar-refractivity contribution in [3.63, 3.8) is 0 Å². The Bertz CT molecular complexity index is 1200. The van der Waals surface area contributed by atoms with Gasteiger partial charge in [-0.3, -0.25) is 4.79 Å². The van der Waals surface area contributed by atoms with E-state index < -0.39 is 10.0 Å². The number of carbonyl (C=O) groups is 1. The minimum absolute atomic E-state index is 0.219. The Morgan fingerprint density at radius 1 is 1.06 bits per heavy atom. The summed E-state index contributed by atoms with van der Waals surface area (Å²) in [6.07, 6.45) is 7.02.